The molecule has 3 N–H and O–H groups in total. The van der Waals surface area contributed by atoms with E-state index >= 15 is 0 Å². The van der Waals surface area contributed by atoms with Gasteiger partial charge in [-0.1, -0.05) is 68.8 Å². The van der Waals surface area contributed by atoms with E-state index < -0.39 is 10.0 Å². The summed E-state index contributed by atoms with van der Waals surface area (Å²) < 4.78 is 28.4. The Morgan fingerprint density at radius 3 is 2.46 bits per heavy atom. The molecule has 204 valence electrons. The zero-order valence-corrected chi connectivity index (χ0v) is 23.7. The van der Waals surface area contributed by atoms with Crippen LogP contribution in [0.2, 0.25) is 5.02 Å². The molecule has 1 aliphatic carbocycles. The highest BCUT2D eigenvalue weighted by molar-refractivity contribution is 7.90. The highest BCUT2D eigenvalue weighted by atomic mass is 35.5. The standard InChI is InChI=1S/C29H32ClN5O3S/c1-29(2,3)18-13-14-21(27(31)36)24(15-18)33-28-32-16-23(30)26(34-28)22-17-35(25-12-8-7-11-20(22)25)39(37,38)19-9-5-4-6-10-19/h4-12,16-18,21,24H,13-15H2,1-3H3,(H2,31,36)(H,32,33,34)/t18-,21?,24+/m0/s1. The lowest BCUT2D eigenvalue weighted by atomic mass is 9.67. The summed E-state index contributed by atoms with van der Waals surface area (Å²) in [5.41, 5.74) is 7.31. The Balaban J connectivity index is 1.56. The largest absolute Gasteiger partial charge is 0.369 e. The van der Waals surface area contributed by atoms with Crippen LogP contribution in [0, 0.1) is 17.3 Å². The number of benzene rings is 2. The van der Waals surface area contributed by atoms with Crippen molar-refractivity contribution in [2.75, 3.05) is 5.32 Å². The lowest BCUT2D eigenvalue weighted by Gasteiger charge is -2.41. The lowest BCUT2D eigenvalue weighted by Crippen LogP contribution is -2.45. The molecular weight excluding hydrogens is 534 g/mol. The van der Waals surface area contributed by atoms with Crippen LogP contribution >= 0.6 is 11.6 Å². The minimum atomic E-state index is -3.87. The molecule has 2 aromatic heterocycles. The molecule has 1 saturated carbocycles. The van der Waals surface area contributed by atoms with Crippen molar-refractivity contribution in [1.29, 1.82) is 0 Å². The summed E-state index contributed by atoms with van der Waals surface area (Å²) in [7, 11) is -3.87. The first-order valence-electron chi connectivity index (χ1n) is 13.0. The molecule has 1 aliphatic rings. The number of aromatic nitrogens is 3. The fourth-order valence-corrected chi connectivity index (χ4v) is 7.08. The number of carbonyl (C=O) groups excluding carboxylic acids is 1. The third-order valence-corrected chi connectivity index (χ3v) is 9.70. The number of fused-ring (bicyclic) bond motifs is 1. The van der Waals surface area contributed by atoms with E-state index in [2.05, 4.69) is 31.1 Å². The summed E-state index contributed by atoms with van der Waals surface area (Å²) in [6.07, 6.45) is 5.42. The van der Waals surface area contributed by atoms with Gasteiger partial charge < -0.3 is 11.1 Å². The summed E-state index contributed by atoms with van der Waals surface area (Å²) in [6.45, 7) is 6.61. The summed E-state index contributed by atoms with van der Waals surface area (Å²) in [5.74, 6) is 0.0222. The van der Waals surface area contributed by atoms with E-state index in [4.69, 9.17) is 22.3 Å². The number of para-hydroxylation sites is 1. The van der Waals surface area contributed by atoms with Crippen molar-refractivity contribution < 1.29 is 13.2 Å². The van der Waals surface area contributed by atoms with Gasteiger partial charge in [-0.2, -0.15) is 0 Å². The van der Waals surface area contributed by atoms with E-state index in [0.717, 1.165) is 12.8 Å². The number of nitrogens with two attached hydrogens (primary N) is 1. The molecule has 1 amide bonds. The van der Waals surface area contributed by atoms with Crippen LogP contribution in [0.25, 0.3) is 22.2 Å². The van der Waals surface area contributed by atoms with Gasteiger partial charge in [-0.25, -0.2) is 22.4 Å². The second-order valence-electron chi connectivity index (χ2n) is 11.2. The number of halogens is 1. The average molecular weight is 566 g/mol. The molecule has 4 aromatic rings. The molecule has 0 bridgehead atoms. The third-order valence-electron chi connectivity index (χ3n) is 7.73. The first-order valence-corrected chi connectivity index (χ1v) is 14.8. The van der Waals surface area contributed by atoms with Gasteiger partial charge in [0.2, 0.25) is 11.9 Å². The number of nitrogens with one attached hydrogen (secondary N) is 1. The molecule has 3 atom stereocenters. The summed E-state index contributed by atoms with van der Waals surface area (Å²) in [5, 5.41) is 4.32. The van der Waals surface area contributed by atoms with E-state index in [1.54, 1.807) is 48.7 Å². The molecule has 10 heteroatoms. The zero-order chi connectivity index (χ0) is 27.9. The van der Waals surface area contributed by atoms with Crippen LogP contribution in [0.5, 0.6) is 0 Å². The second kappa shape index (κ2) is 10.3. The Morgan fingerprint density at radius 1 is 1.08 bits per heavy atom. The predicted octanol–water partition coefficient (Wildman–Crippen LogP) is 5.72. The van der Waals surface area contributed by atoms with Crippen LogP contribution in [-0.4, -0.2) is 34.3 Å². The van der Waals surface area contributed by atoms with Gasteiger partial charge in [0.05, 0.1) is 33.2 Å². The van der Waals surface area contributed by atoms with Crippen molar-refractivity contribution in [2.45, 2.75) is 51.0 Å². The van der Waals surface area contributed by atoms with Gasteiger partial charge in [0, 0.05) is 23.2 Å². The Labute approximate surface area is 233 Å². The van der Waals surface area contributed by atoms with Gasteiger partial charge >= 0.3 is 0 Å². The monoisotopic (exact) mass is 565 g/mol. The van der Waals surface area contributed by atoms with Crippen molar-refractivity contribution in [3.8, 4) is 11.3 Å². The lowest BCUT2D eigenvalue weighted by molar-refractivity contribution is -0.123. The van der Waals surface area contributed by atoms with Crippen LogP contribution in [0.1, 0.15) is 40.0 Å². The average Bonchev–Trinajstić information content (AvgIpc) is 3.30. The molecule has 0 saturated heterocycles. The number of amides is 1. The number of carbonyl (C=O) groups is 1. The molecule has 0 radical (unpaired) electrons. The topological polar surface area (TPSA) is 120 Å². The molecular formula is C29H32ClN5O3S. The molecule has 5 rings (SSSR count). The molecule has 8 nitrogen and oxygen atoms in total. The molecule has 0 spiro atoms. The van der Waals surface area contributed by atoms with Crippen LogP contribution in [-0.2, 0) is 14.8 Å². The third kappa shape index (κ3) is 5.25. The number of hydrogen-bond acceptors (Lipinski definition) is 6. The number of hydrogen-bond donors (Lipinski definition) is 2. The SMILES string of the molecule is CC(C)(C)[C@H]1CCC(C(N)=O)[C@H](Nc2ncc(Cl)c(-c3cn(S(=O)(=O)c4ccccc4)c4ccccc34)n2)C1. The van der Waals surface area contributed by atoms with Crippen LogP contribution < -0.4 is 11.1 Å². The summed E-state index contributed by atoms with van der Waals surface area (Å²) in [6, 6.07) is 15.3. The maximum atomic E-state index is 13.6. The van der Waals surface area contributed by atoms with Gasteiger partial charge in [0.1, 0.15) is 0 Å². The minimum absolute atomic E-state index is 0.0840. The minimum Gasteiger partial charge on any atom is -0.369 e. The van der Waals surface area contributed by atoms with Crippen molar-refractivity contribution in [1.82, 2.24) is 13.9 Å². The smallest absolute Gasteiger partial charge is 0.268 e. The van der Waals surface area contributed by atoms with Gasteiger partial charge in [0.15, 0.2) is 0 Å². The quantitative estimate of drug-likeness (QED) is 0.308. The Hall–Kier alpha value is -3.43. The van der Waals surface area contributed by atoms with Crippen LogP contribution in [0.15, 0.2) is 71.9 Å². The first kappa shape index (κ1) is 27.1. The Morgan fingerprint density at radius 2 is 1.77 bits per heavy atom. The van der Waals surface area contributed by atoms with E-state index in [1.807, 2.05) is 12.1 Å². The van der Waals surface area contributed by atoms with Crippen LogP contribution in [0.3, 0.4) is 0 Å². The molecule has 39 heavy (non-hydrogen) atoms. The number of nitrogens with zero attached hydrogens (tertiary/aromatic N) is 3. The summed E-state index contributed by atoms with van der Waals surface area (Å²) >= 11 is 6.59. The fraction of sp³-hybridized carbons (Fsp3) is 0.345. The van der Waals surface area contributed by atoms with E-state index in [-0.39, 0.29) is 33.2 Å². The molecule has 1 fully saturated rings. The predicted molar refractivity (Wildman–Crippen MR) is 154 cm³/mol. The van der Waals surface area contributed by atoms with Crippen molar-refractivity contribution in [2.24, 2.45) is 23.0 Å². The molecule has 1 unspecified atom stereocenters. The highest BCUT2D eigenvalue weighted by Crippen LogP contribution is 2.41. The Kier molecular flexibility index (Phi) is 7.15. The number of anilines is 1. The van der Waals surface area contributed by atoms with Gasteiger partial charge in [-0.05, 0) is 48.8 Å². The molecule has 2 heterocycles. The highest BCUT2D eigenvalue weighted by Gasteiger charge is 2.38. The molecule has 2 aromatic carbocycles. The van der Waals surface area contributed by atoms with E-state index in [1.165, 1.54) is 10.2 Å². The number of primary amides is 1. The maximum absolute atomic E-state index is 13.6. The fourth-order valence-electron chi connectivity index (χ4n) is 5.49. The Bertz CT molecular complexity index is 1630. The normalized spacial score (nSPS) is 20.2. The van der Waals surface area contributed by atoms with Crippen molar-refractivity contribution in [3.63, 3.8) is 0 Å². The second-order valence-corrected chi connectivity index (χ2v) is 13.4. The van der Waals surface area contributed by atoms with E-state index in [0.29, 0.717) is 40.4 Å². The van der Waals surface area contributed by atoms with Gasteiger partial charge in [-0.3, -0.25) is 4.79 Å². The van der Waals surface area contributed by atoms with E-state index in [9.17, 15) is 13.2 Å². The van der Waals surface area contributed by atoms with Gasteiger partial charge in [-0.15, -0.1) is 0 Å². The molecule has 0 aliphatic heterocycles. The van der Waals surface area contributed by atoms with Crippen LogP contribution in [0.4, 0.5) is 5.95 Å². The van der Waals surface area contributed by atoms with Crippen molar-refractivity contribution >= 4 is 44.4 Å². The first-order chi connectivity index (χ1) is 18.5. The summed E-state index contributed by atoms with van der Waals surface area (Å²) in [4.78, 5) is 21.6. The number of rotatable bonds is 6. The van der Waals surface area contributed by atoms with Gasteiger partial charge in [0.25, 0.3) is 10.0 Å². The zero-order valence-electron chi connectivity index (χ0n) is 22.1. The maximum Gasteiger partial charge on any atom is 0.268 e. The van der Waals surface area contributed by atoms with Crippen molar-refractivity contribution in [3.05, 3.63) is 72.0 Å².